The van der Waals surface area contributed by atoms with Crippen LogP contribution in [0.15, 0.2) is 0 Å². The number of amides is 2. The second-order valence-electron chi connectivity index (χ2n) is 7.66. The Morgan fingerprint density at radius 1 is 1.24 bits per heavy atom. The average molecular weight is 298 g/mol. The first-order valence-electron chi connectivity index (χ1n) is 7.81. The summed E-state index contributed by atoms with van der Waals surface area (Å²) in [4.78, 5) is 23.9. The number of hydrogen-bond donors (Lipinski definition) is 2. The van der Waals surface area contributed by atoms with Crippen LogP contribution < -0.4 is 10.6 Å². The first-order valence-corrected chi connectivity index (χ1v) is 7.81. The van der Waals surface area contributed by atoms with Gasteiger partial charge in [-0.3, -0.25) is 4.79 Å². The van der Waals surface area contributed by atoms with Crippen LogP contribution >= 0.6 is 0 Å². The highest BCUT2D eigenvalue weighted by molar-refractivity contribution is 5.85. The van der Waals surface area contributed by atoms with E-state index in [1.807, 2.05) is 0 Å². The number of hydrogen-bond acceptors (Lipinski definition) is 3. The van der Waals surface area contributed by atoms with Gasteiger partial charge >= 0.3 is 6.09 Å². The van der Waals surface area contributed by atoms with E-state index < -0.39 is 17.7 Å². The highest BCUT2D eigenvalue weighted by atomic mass is 16.6. The summed E-state index contributed by atoms with van der Waals surface area (Å²) in [6.45, 7) is 11.4. The van der Waals surface area contributed by atoms with Crippen molar-refractivity contribution in [1.29, 1.82) is 0 Å². The van der Waals surface area contributed by atoms with Gasteiger partial charge in [0.1, 0.15) is 11.6 Å². The Kier molecular flexibility index (Phi) is 5.65. The Bertz CT molecular complexity index is 385. The number of carbonyl (C=O) groups excluding carboxylic acids is 2. The largest absolute Gasteiger partial charge is 0.444 e. The summed E-state index contributed by atoms with van der Waals surface area (Å²) < 4.78 is 5.16. The molecule has 2 N–H and O–H groups in total. The van der Waals surface area contributed by atoms with Crippen LogP contribution in [0.3, 0.4) is 0 Å². The van der Waals surface area contributed by atoms with E-state index in [9.17, 15) is 9.59 Å². The molecule has 0 bridgehead atoms. The SMILES string of the molecule is CC(NC(=O)OC(C)(C)C)C(=O)NC1CCCCC1(C)C. The molecule has 122 valence electrons. The van der Waals surface area contributed by atoms with Crippen molar-refractivity contribution in [3.63, 3.8) is 0 Å². The lowest BCUT2D eigenvalue weighted by atomic mass is 9.73. The topological polar surface area (TPSA) is 67.4 Å². The van der Waals surface area contributed by atoms with Gasteiger partial charge in [0.15, 0.2) is 0 Å². The highest BCUT2D eigenvalue weighted by Crippen LogP contribution is 2.35. The summed E-state index contributed by atoms with van der Waals surface area (Å²) in [5, 5.41) is 5.65. The molecule has 2 atom stereocenters. The molecule has 5 heteroatoms. The summed E-state index contributed by atoms with van der Waals surface area (Å²) in [7, 11) is 0. The van der Waals surface area contributed by atoms with E-state index in [1.54, 1.807) is 27.7 Å². The maximum Gasteiger partial charge on any atom is 0.408 e. The fourth-order valence-electron chi connectivity index (χ4n) is 2.61. The molecule has 1 rings (SSSR count). The lowest BCUT2D eigenvalue weighted by molar-refractivity contribution is -0.124. The molecule has 0 spiro atoms. The fourth-order valence-corrected chi connectivity index (χ4v) is 2.61. The third kappa shape index (κ3) is 5.94. The van der Waals surface area contributed by atoms with Crippen molar-refractivity contribution >= 4 is 12.0 Å². The molecular weight excluding hydrogens is 268 g/mol. The Balaban J connectivity index is 2.49. The predicted octanol–water partition coefficient (Wildman–Crippen LogP) is 2.98. The van der Waals surface area contributed by atoms with Crippen LogP contribution in [-0.4, -0.2) is 29.7 Å². The van der Waals surface area contributed by atoms with E-state index in [2.05, 4.69) is 24.5 Å². The second kappa shape index (κ2) is 6.67. The number of alkyl carbamates (subject to hydrolysis) is 1. The van der Waals surface area contributed by atoms with Crippen LogP contribution in [0.5, 0.6) is 0 Å². The molecule has 5 nitrogen and oxygen atoms in total. The van der Waals surface area contributed by atoms with Gasteiger partial charge in [0.25, 0.3) is 0 Å². The summed E-state index contributed by atoms with van der Waals surface area (Å²) in [6.07, 6.45) is 3.91. The number of carbonyl (C=O) groups is 2. The van der Waals surface area contributed by atoms with Crippen molar-refractivity contribution < 1.29 is 14.3 Å². The molecule has 21 heavy (non-hydrogen) atoms. The molecule has 2 unspecified atom stereocenters. The van der Waals surface area contributed by atoms with E-state index >= 15 is 0 Å². The van der Waals surface area contributed by atoms with Crippen molar-refractivity contribution in [2.75, 3.05) is 0 Å². The van der Waals surface area contributed by atoms with Crippen molar-refractivity contribution in [2.24, 2.45) is 5.41 Å². The molecule has 0 heterocycles. The minimum absolute atomic E-state index is 0.111. The van der Waals surface area contributed by atoms with E-state index in [1.165, 1.54) is 6.42 Å². The molecule has 1 aliphatic carbocycles. The zero-order valence-corrected chi connectivity index (χ0v) is 14.2. The zero-order valence-electron chi connectivity index (χ0n) is 14.2. The predicted molar refractivity (Wildman–Crippen MR) is 83.0 cm³/mol. The monoisotopic (exact) mass is 298 g/mol. The van der Waals surface area contributed by atoms with Gasteiger partial charge in [0.05, 0.1) is 0 Å². The molecule has 0 saturated heterocycles. The van der Waals surface area contributed by atoms with E-state index in [4.69, 9.17) is 4.74 Å². The van der Waals surface area contributed by atoms with Gasteiger partial charge in [-0.15, -0.1) is 0 Å². The third-order valence-corrected chi connectivity index (χ3v) is 3.95. The summed E-state index contributed by atoms with van der Waals surface area (Å²) in [5.41, 5.74) is -0.453. The van der Waals surface area contributed by atoms with Gasteiger partial charge in [-0.1, -0.05) is 26.7 Å². The van der Waals surface area contributed by atoms with Gasteiger partial charge in [0.2, 0.25) is 5.91 Å². The fraction of sp³-hybridized carbons (Fsp3) is 0.875. The Morgan fingerprint density at radius 2 is 1.86 bits per heavy atom. The molecule has 0 aromatic rings. The lowest BCUT2D eigenvalue weighted by Crippen LogP contribution is -2.53. The van der Waals surface area contributed by atoms with Crippen LogP contribution in [0.2, 0.25) is 0 Å². The van der Waals surface area contributed by atoms with Crippen LogP contribution in [0.25, 0.3) is 0 Å². The smallest absolute Gasteiger partial charge is 0.408 e. The Morgan fingerprint density at radius 3 is 2.38 bits per heavy atom. The van der Waals surface area contributed by atoms with Crippen LogP contribution in [0, 0.1) is 5.41 Å². The molecule has 1 aliphatic rings. The van der Waals surface area contributed by atoms with Crippen LogP contribution in [0.4, 0.5) is 4.79 Å². The summed E-state index contributed by atoms with van der Waals surface area (Å²) in [6, 6.07) is -0.431. The Labute approximate surface area is 128 Å². The maximum atomic E-state index is 12.2. The van der Waals surface area contributed by atoms with Gasteiger partial charge < -0.3 is 15.4 Å². The normalized spacial score (nSPS) is 23.0. The Hall–Kier alpha value is -1.26. The number of rotatable bonds is 3. The highest BCUT2D eigenvalue weighted by Gasteiger charge is 2.34. The van der Waals surface area contributed by atoms with E-state index in [0.717, 1.165) is 19.3 Å². The first kappa shape index (κ1) is 17.8. The summed E-state index contributed by atoms with van der Waals surface area (Å²) >= 11 is 0. The molecule has 2 amide bonds. The van der Waals surface area contributed by atoms with Crippen molar-refractivity contribution in [3.8, 4) is 0 Å². The van der Waals surface area contributed by atoms with Crippen molar-refractivity contribution in [3.05, 3.63) is 0 Å². The molecular formula is C16H30N2O3. The first-order chi connectivity index (χ1) is 9.51. The summed E-state index contributed by atoms with van der Waals surface area (Å²) in [5.74, 6) is -0.152. The standard InChI is InChI=1S/C16H30N2O3/c1-11(17-14(20)21-15(2,3)4)13(19)18-12-9-7-8-10-16(12,5)6/h11-12H,7-10H2,1-6H3,(H,17,20)(H,18,19). The van der Waals surface area contributed by atoms with Gasteiger partial charge in [-0.25, -0.2) is 4.79 Å². The quantitative estimate of drug-likeness (QED) is 0.841. The minimum atomic E-state index is -0.599. The van der Waals surface area contributed by atoms with Crippen LogP contribution in [-0.2, 0) is 9.53 Å². The lowest BCUT2D eigenvalue weighted by Gasteiger charge is -2.39. The van der Waals surface area contributed by atoms with Crippen LogP contribution in [0.1, 0.15) is 67.2 Å². The maximum absolute atomic E-state index is 12.2. The molecule has 0 aromatic heterocycles. The average Bonchev–Trinajstić information content (AvgIpc) is 2.28. The zero-order chi connectivity index (χ0) is 16.3. The van der Waals surface area contributed by atoms with E-state index in [0.29, 0.717) is 0 Å². The third-order valence-electron chi connectivity index (χ3n) is 3.95. The minimum Gasteiger partial charge on any atom is -0.444 e. The van der Waals surface area contributed by atoms with Gasteiger partial charge in [-0.2, -0.15) is 0 Å². The van der Waals surface area contributed by atoms with E-state index in [-0.39, 0.29) is 17.4 Å². The molecule has 0 aliphatic heterocycles. The molecule has 0 radical (unpaired) electrons. The van der Waals surface area contributed by atoms with Crippen molar-refractivity contribution in [1.82, 2.24) is 10.6 Å². The molecule has 1 fully saturated rings. The molecule has 0 aromatic carbocycles. The number of nitrogens with one attached hydrogen (secondary N) is 2. The molecule has 1 saturated carbocycles. The van der Waals surface area contributed by atoms with Crippen molar-refractivity contribution in [2.45, 2.75) is 84.9 Å². The number of ether oxygens (including phenoxy) is 1. The van der Waals surface area contributed by atoms with Gasteiger partial charge in [0, 0.05) is 6.04 Å². The van der Waals surface area contributed by atoms with Gasteiger partial charge in [-0.05, 0) is 46.0 Å². The second-order valence-corrected chi connectivity index (χ2v) is 7.66.